The Kier molecular flexibility index (Phi) is 10.8. The number of carboxylic acids is 1. The molecule has 5 saturated carbocycles. The fourth-order valence-corrected chi connectivity index (χ4v) is 15.2. The number of sulfone groups is 1. The van der Waals surface area contributed by atoms with Gasteiger partial charge in [0.1, 0.15) is 11.6 Å². The number of nitrogens with one attached hydrogen (secondary N) is 2. The minimum Gasteiger partial charge on any atom is -0.481 e. The lowest BCUT2D eigenvalue weighted by Crippen LogP contribution is -2.68. The topological polar surface area (TPSA) is 173 Å². The number of Topliss-reactive ketones (excluding diaryl/α,β-unsaturated/α-hetero) is 1. The summed E-state index contributed by atoms with van der Waals surface area (Å²) in [4.78, 5) is 67.6. The van der Waals surface area contributed by atoms with Crippen LogP contribution in [0.15, 0.2) is 40.3 Å². The van der Waals surface area contributed by atoms with E-state index in [4.69, 9.17) is 4.74 Å². The Balaban J connectivity index is 1.12. The molecule has 11 nitrogen and oxygen atoms in total. The SMILES string of the molecule is CC(C)C1=C2[C@H]3CC[C@@H]4[C@@]5(C)CC[C@H](OC(=O)[C@H]6C[C@@H](C(=O)O)C6(C)C)C(C)(C)C5CC[C@@]4(C)[C@]3(C)CC[C@@]2(NC(=O)C(C)(C)NC(=O)c2ccc(S(C)(=O)=O)cc2)CC1=O. The predicted octanol–water partition coefficient (Wildman–Crippen LogP) is 8.11. The molecule has 3 N–H and O–H groups in total. The fraction of sp³-hybridized carbons (Fsp3) is 0.735. The maximum atomic E-state index is 14.4. The van der Waals surface area contributed by atoms with Crippen LogP contribution in [0, 0.1) is 62.6 Å². The molecule has 0 heterocycles. The Hall–Kier alpha value is -3.54. The van der Waals surface area contributed by atoms with Gasteiger partial charge in [-0.25, -0.2) is 8.42 Å². The first-order valence-electron chi connectivity index (χ1n) is 22.6. The average molecular weight is 863 g/mol. The van der Waals surface area contributed by atoms with Crippen molar-refractivity contribution in [2.75, 3.05) is 6.26 Å². The number of carboxylic acid groups (broad SMARTS) is 1. The smallest absolute Gasteiger partial charge is 0.309 e. The molecule has 61 heavy (non-hydrogen) atoms. The Labute approximate surface area is 363 Å². The van der Waals surface area contributed by atoms with Gasteiger partial charge in [-0.1, -0.05) is 62.3 Å². The van der Waals surface area contributed by atoms with Gasteiger partial charge in [-0.3, -0.25) is 24.0 Å². The molecule has 0 aliphatic heterocycles. The number of carbonyl (C=O) groups is 5. The second kappa shape index (κ2) is 14.5. The first-order chi connectivity index (χ1) is 28.0. The van der Waals surface area contributed by atoms with Crippen LogP contribution in [0.1, 0.15) is 151 Å². The highest BCUT2D eigenvalue weighted by molar-refractivity contribution is 7.90. The van der Waals surface area contributed by atoms with Crippen LogP contribution in [-0.4, -0.2) is 66.5 Å². The van der Waals surface area contributed by atoms with E-state index in [1.807, 2.05) is 13.8 Å². The molecule has 12 heteroatoms. The molecule has 10 atom stereocenters. The lowest BCUT2D eigenvalue weighted by Gasteiger charge is -2.72. The van der Waals surface area contributed by atoms with E-state index < -0.39 is 50.0 Å². The molecule has 6 aliphatic carbocycles. The van der Waals surface area contributed by atoms with E-state index in [-0.39, 0.29) is 74.1 Å². The zero-order chi connectivity index (χ0) is 45.3. The van der Waals surface area contributed by atoms with Crippen molar-refractivity contribution >= 4 is 39.4 Å². The van der Waals surface area contributed by atoms with Gasteiger partial charge in [0.25, 0.3) is 5.91 Å². The van der Waals surface area contributed by atoms with E-state index in [1.165, 1.54) is 24.3 Å². The van der Waals surface area contributed by atoms with Crippen molar-refractivity contribution in [3.63, 3.8) is 0 Å². The summed E-state index contributed by atoms with van der Waals surface area (Å²) in [5.41, 5.74) is -1.15. The van der Waals surface area contributed by atoms with Gasteiger partial charge in [-0.2, -0.15) is 0 Å². The average Bonchev–Trinajstić information content (AvgIpc) is 3.43. The van der Waals surface area contributed by atoms with Crippen LogP contribution in [0.5, 0.6) is 0 Å². The molecule has 0 aromatic heterocycles. The Morgan fingerprint density at radius 3 is 2.03 bits per heavy atom. The molecule has 6 aliphatic rings. The molecule has 5 fully saturated rings. The van der Waals surface area contributed by atoms with Gasteiger partial charge in [-0.15, -0.1) is 0 Å². The van der Waals surface area contributed by atoms with Crippen LogP contribution in [0.4, 0.5) is 0 Å². The maximum absolute atomic E-state index is 14.4. The first-order valence-corrected chi connectivity index (χ1v) is 24.5. The number of fused-ring (bicyclic) bond motifs is 7. The Morgan fingerprint density at radius 2 is 1.46 bits per heavy atom. The van der Waals surface area contributed by atoms with Gasteiger partial charge in [0.15, 0.2) is 15.6 Å². The van der Waals surface area contributed by atoms with Crippen molar-refractivity contribution in [2.45, 2.75) is 162 Å². The van der Waals surface area contributed by atoms with Crippen LogP contribution in [0.2, 0.25) is 0 Å². The fourth-order valence-electron chi connectivity index (χ4n) is 14.5. The first kappa shape index (κ1) is 45.5. The van der Waals surface area contributed by atoms with Crippen LogP contribution in [-0.2, 0) is 33.8 Å². The van der Waals surface area contributed by atoms with Crippen molar-refractivity contribution < 1.29 is 42.2 Å². The predicted molar refractivity (Wildman–Crippen MR) is 232 cm³/mol. The number of ether oxygens (including phenoxy) is 1. The summed E-state index contributed by atoms with van der Waals surface area (Å²) < 4.78 is 30.4. The molecule has 0 bridgehead atoms. The number of hydrogen-bond donors (Lipinski definition) is 3. The molecule has 1 unspecified atom stereocenters. The van der Waals surface area contributed by atoms with Crippen molar-refractivity contribution in [3.05, 3.63) is 41.0 Å². The number of aliphatic carboxylic acids is 1. The third-order valence-corrected chi connectivity index (χ3v) is 19.5. The number of allylic oxidation sites excluding steroid dienone is 1. The van der Waals surface area contributed by atoms with Crippen LogP contribution >= 0.6 is 0 Å². The summed E-state index contributed by atoms with van der Waals surface area (Å²) in [6.07, 6.45) is 8.43. The lowest BCUT2D eigenvalue weighted by molar-refractivity contribution is -0.235. The zero-order valence-electron chi connectivity index (χ0n) is 38.5. The summed E-state index contributed by atoms with van der Waals surface area (Å²) in [6.45, 7) is 23.2. The zero-order valence-corrected chi connectivity index (χ0v) is 39.4. The van der Waals surface area contributed by atoms with Gasteiger partial charge in [0, 0.05) is 23.7 Å². The Morgan fingerprint density at radius 1 is 0.820 bits per heavy atom. The molecule has 2 amide bonds. The number of rotatable bonds is 9. The number of amides is 2. The van der Waals surface area contributed by atoms with Crippen molar-refractivity contribution in [1.29, 1.82) is 0 Å². The summed E-state index contributed by atoms with van der Waals surface area (Å²) in [5.74, 6) is -2.08. The number of hydrogen-bond acceptors (Lipinski definition) is 8. The van der Waals surface area contributed by atoms with Gasteiger partial charge < -0.3 is 20.5 Å². The minimum atomic E-state index is -3.44. The summed E-state index contributed by atoms with van der Waals surface area (Å²) >= 11 is 0. The highest BCUT2D eigenvalue weighted by Gasteiger charge is 2.71. The lowest BCUT2D eigenvalue weighted by atomic mass is 9.33. The number of carbonyl (C=O) groups excluding carboxylic acids is 4. The number of benzene rings is 1. The molecular weight excluding hydrogens is 793 g/mol. The third-order valence-electron chi connectivity index (χ3n) is 18.4. The minimum absolute atomic E-state index is 0.00557. The second-order valence-electron chi connectivity index (χ2n) is 22.9. The maximum Gasteiger partial charge on any atom is 0.309 e. The molecule has 336 valence electrons. The summed E-state index contributed by atoms with van der Waals surface area (Å²) in [7, 11) is -3.44. The van der Waals surface area contributed by atoms with Crippen LogP contribution in [0.25, 0.3) is 0 Å². The van der Waals surface area contributed by atoms with Crippen LogP contribution in [0.3, 0.4) is 0 Å². The second-order valence-corrected chi connectivity index (χ2v) is 24.9. The summed E-state index contributed by atoms with van der Waals surface area (Å²) in [5, 5.41) is 15.9. The van der Waals surface area contributed by atoms with E-state index in [2.05, 4.69) is 59.1 Å². The summed E-state index contributed by atoms with van der Waals surface area (Å²) in [6, 6.07) is 5.64. The van der Waals surface area contributed by atoms with E-state index in [9.17, 15) is 37.5 Å². The third kappa shape index (κ3) is 6.84. The molecule has 0 radical (unpaired) electrons. The van der Waals surface area contributed by atoms with Crippen LogP contribution < -0.4 is 10.6 Å². The van der Waals surface area contributed by atoms with Gasteiger partial charge in [-0.05, 0) is 152 Å². The number of esters is 1. The molecule has 7 rings (SSSR count). The van der Waals surface area contributed by atoms with Crippen molar-refractivity contribution in [2.24, 2.45) is 62.6 Å². The van der Waals surface area contributed by atoms with Crippen molar-refractivity contribution in [3.8, 4) is 0 Å². The Bertz CT molecular complexity index is 2190. The van der Waals surface area contributed by atoms with Crippen molar-refractivity contribution in [1.82, 2.24) is 10.6 Å². The van der Waals surface area contributed by atoms with E-state index in [0.29, 0.717) is 24.7 Å². The molecule has 0 spiro atoms. The molecular formula is C49H70N2O9S. The highest BCUT2D eigenvalue weighted by Crippen LogP contribution is 2.76. The monoisotopic (exact) mass is 862 g/mol. The van der Waals surface area contributed by atoms with Gasteiger partial charge in [0.2, 0.25) is 5.91 Å². The normalized spacial score (nSPS) is 37.6. The van der Waals surface area contributed by atoms with E-state index in [0.717, 1.165) is 62.3 Å². The highest BCUT2D eigenvalue weighted by atomic mass is 32.2. The van der Waals surface area contributed by atoms with Gasteiger partial charge in [0.05, 0.1) is 22.3 Å². The standard InChI is InChI=1S/C49H70N2O9S/c1-27(2)37-33(52)26-49(51-42(57)45(7,8)50-39(53)28-13-15-29(16-14-28)61(12,58)59)24-23-47(10)30(38(37)49)17-18-35-46(9)21-20-36(44(5,6)34(46)19-22-48(35,47)11)60-41(56)32-25-31(40(54)55)43(32,3)4/h13-16,27,30-32,34-36H,17-26H2,1-12H3,(H,50,53)(H,51,57)(H,54,55)/t30-,31+,32-,34?,35-,36+,46+,47-,48-,49-/m1/s1. The van der Waals surface area contributed by atoms with E-state index in [1.54, 1.807) is 13.8 Å². The number of ketones is 1. The van der Waals surface area contributed by atoms with E-state index >= 15 is 0 Å². The molecule has 1 aromatic carbocycles. The van der Waals surface area contributed by atoms with Gasteiger partial charge >= 0.3 is 11.9 Å². The molecule has 0 saturated heterocycles. The molecule has 1 aromatic rings. The quantitative estimate of drug-likeness (QED) is 0.207. The largest absolute Gasteiger partial charge is 0.481 e.